The molecule has 0 spiro atoms. The molecule has 2 aliphatic carbocycles. The highest BCUT2D eigenvalue weighted by Crippen LogP contribution is 2.37. The number of hydrogen-bond donors (Lipinski definition) is 0. The average molecular weight is 443 g/mol. The predicted octanol–water partition coefficient (Wildman–Crippen LogP) is 6.92. The minimum Gasteiger partial charge on any atom is -0.458 e. The van der Waals surface area contributed by atoms with Crippen LogP contribution in [0, 0.1) is 35.5 Å². The van der Waals surface area contributed by atoms with Crippen molar-refractivity contribution in [3.63, 3.8) is 0 Å². The first-order valence-corrected chi connectivity index (χ1v) is 12.7. The van der Waals surface area contributed by atoms with E-state index in [9.17, 15) is 9.59 Å². The van der Waals surface area contributed by atoms with Crippen molar-refractivity contribution in [3.05, 3.63) is 35.4 Å². The van der Waals surface area contributed by atoms with E-state index in [1.54, 1.807) is 24.3 Å². The molecular formula is C28H42O4. The third kappa shape index (κ3) is 6.14. The first-order chi connectivity index (χ1) is 15.2. The summed E-state index contributed by atoms with van der Waals surface area (Å²) >= 11 is 0. The van der Waals surface area contributed by atoms with E-state index < -0.39 is 0 Å². The minimum atomic E-state index is -0.296. The fourth-order valence-corrected chi connectivity index (χ4v) is 5.65. The van der Waals surface area contributed by atoms with E-state index in [-0.39, 0.29) is 24.1 Å². The highest BCUT2D eigenvalue weighted by atomic mass is 16.5. The molecule has 32 heavy (non-hydrogen) atoms. The van der Waals surface area contributed by atoms with Crippen molar-refractivity contribution in [2.24, 2.45) is 35.5 Å². The van der Waals surface area contributed by atoms with Gasteiger partial charge in [-0.15, -0.1) is 0 Å². The first kappa shape index (κ1) is 24.8. The summed E-state index contributed by atoms with van der Waals surface area (Å²) in [5.41, 5.74) is 0.988. The third-order valence-electron chi connectivity index (χ3n) is 7.80. The van der Waals surface area contributed by atoms with Crippen LogP contribution in [0.15, 0.2) is 24.3 Å². The predicted molar refractivity (Wildman–Crippen MR) is 128 cm³/mol. The van der Waals surface area contributed by atoms with Crippen LogP contribution in [0.25, 0.3) is 0 Å². The molecule has 4 heteroatoms. The standard InChI is InChI=1S/C28H42O4/c1-17(2)23-13-7-19(5)15-25(23)31-27(29)21-9-11-22(12-10-21)28(30)32-26-16-20(6)8-14-24(26)18(3)4/h9-12,17-20,23-26H,7-8,13-16H2,1-6H3/t19-,20-,23-,24+,25-,26+/m0/s1. The summed E-state index contributed by atoms with van der Waals surface area (Å²) in [6, 6.07) is 6.77. The van der Waals surface area contributed by atoms with E-state index in [4.69, 9.17) is 9.47 Å². The van der Waals surface area contributed by atoms with E-state index in [0.717, 1.165) is 25.7 Å². The Balaban J connectivity index is 1.62. The van der Waals surface area contributed by atoms with E-state index >= 15 is 0 Å². The zero-order valence-corrected chi connectivity index (χ0v) is 20.8. The molecule has 1 aromatic rings. The van der Waals surface area contributed by atoms with Gasteiger partial charge in [-0.3, -0.25) is 0 Å². The van der Waals surface area contributed by atoms with Gasteiger partial charge in [0, 0.05) is 0 Å². The van der Waals surface area contributed by atoms with Crippen LogP contribution in [-0.4, -0.2) is 24.1 Å². The maximum absolute atomic E-state index is 12.8. The van der Waals surface area contributed by atoms with Crippen LogP contribution in [0.4, 0.5) is 0 Å². The Morgan fingerprint density at radius 1 is 0.688 bits per heavy atom. The lowest BCUT2D eigenvalue weighted by atomic mass is 9.75. The van der Waals surface area contributed by atoms with Crippen LogP contribution in [0.3, 0.4) is 0 Å². The molecule has 6 atom stereocenters. The van der Waals surface area contributed by atoms with Crippen molar-refractivity contribution in [2.75, 3.05) is 0 Å². The summed E-state index contributed by atoms with van der Waals surface area (Å²) < 4.78 is 11.9. The second kappa shape index (κ2) is 10.9. The van der Waals surface area contributed by atoms with Crippen LogP contribution in [0.1, 0.15) is 101 Å². The normalized spacial score (nSPS) is 30.9. The van der Waals surface area contributed by atoms with Gasteiger partial charge in [0.15, 0.2) is 0 Å². The number of carbonyl (C=O) groups is 2. The zero-order valence-electron chi connectivity index (χ0n) is 20.8. The lowest BCUT2D eigenvalue weighted by molar-refractivity contribution is -0.0185. The van der Waals surface area contributed by atoms with Gasteiger partial charge in [0.2, 0.25) is 0 Å². The number of hydrogen-bond acceptors (Lipinski definition) is 4. The van der Waals surface area contributed by atoms with Gasteiger partial charge in [-0.2, -0.15) is 0 Å². The largest absolute Gasteiger partial charge is 0.458 e. The summed E-state index contributed by atoms with van der Waals surface area (Å²) in [7, 11) is 0. The number of ether oxygens (including phenoxy) is 2. The van der Waals surface area contributed by atoms with Gasteiger partial charge in [0.25, 0.3) is 0 Å². The monoisotopic (exact) mass is 442 g/mol. The van der Waals surface area contributed by atoms with Crippen molar-refractivity contribution in [1.29, 1.82) is 0 Å². The Kier molecular flexibility index (Phi) is 8.41. The molecule has 0 bridgehead atoms. The summed E-state index contributed by atoms with van der Waals surface area (Å²) in [5.74, 6) is 2.39. The Morgan fingerprint density at radius 2 is 1.03 bits per heavy atom. The fraction of sp³-hybridized carbons (Fsp3) is 0.714. The molecule has 0 aliphatic heterocycles. The van der Waals surface area contributed by atoms with Crippen molar-refractivity contribution in [1.82, 2.24) is 0 Å². The molecule has 0 radical (unpaired) electrons. The van der Waals surface area contributed by atoms with Gasteiger partial charge in [0.1, 0.15) is 12.2 Å². The molecule has 2 aliphatic rings. The van der Waals surface area contributed by atoms with Crippen LogP contribution in [0.2, 0.25) is 0 Å². The summed E-state index contributed by atoms with van der Waals surface area (Å²) in [6.07, 6.45) is 6.41. The van der Waals surface area contributed by atoms with Gasteiger partial charge in [-0.25, -0.2) is 9.59 Å². The van der Waals surface area contributed by atoms with E-state index in [2.05, 4.69) is 41.5 Å². The number of benzene rings is 1. The second-order valence-electron chi connectivity index (χ2n) is 11.1. The van der Waals surface area contributed by atoms with Crippen LogP contribution in [0.5, 0.6) is 0 Å². The Hall–Kier alpha value is -1.84. The minimum absolute atomic E-state index is 0.0304. The third-order valence-corrected chi connectivity index (χ3v) is 7.80. The van der Waals surface area contributed by atoms with Crippen molar-refractivity contribution in [3.8, 4) is 0 Å². The average Bonchev–Trinajstić information content (AvgIpc) is 2.73. The molecule has 0 amide bonds. The molecule has 2 saturated carbocycles. The van der Waals surface area contributed by atoms with Crippen LogP contribution < -0.4 is 0 Å². The quantitative estimate of drug-likeness (QED) is 0.449. The van der Waals surface area contributed by atoms with Gasteiger partial charge in [0.05, 0.1) is 11.1 Å². The lowest BCUT2D eigenvalue weighted by Crippen LogP contribution is -2.36. The second-order valence-corrected chi connectivity index (χ2v) is 11.1. The van der Waals surface area contributed by atoms with Gasteiger partial charge in [-0.1, -0.05) is 54.4 Å². The number of rotatable bonds is 6. The maximum atomic E-state index is 12.8. The Bertz CT molecular complexity index is 701. The van der Waals surface area contributed by atoms with Gasteiger partial charge in [-0.05, 0) is 85.5 Å². The molecular weight excluding hydrogens is 400 g/mol. The molecule has 178 valence electrons. The molecule has 0 unspecified atom stereocenters. The number of carbonyl (C=O) groups excluding carboxylic acids is 2. The molecule has 0 heterocycles. The Labute approximate surface area is 194 Å². The van der Waals surface area contributed by atoms with Crippen molar-refractivity contribution < 1.29 is 19.1 Å². The zero-order chi connectivity index (χ0) is 23.4. The summed E-state index contributed by atoms with van der Waals surface area (Å²) in [6.45, 7) is 13.3. The van der Waals surface area contributed by atoms with Crippen molar-refractivity contribution >= 4 is 11.9 Å². The van der Waals surface area contributed by atoms with E-state index in [1.165, 1.54) is 12.8 Å². The molecule has 4 nitrogen and oxygen atoms in total. The molecule has 0 saturated heterocycles. The van der Waals surface area contributed by atoms with Crippen LogP contribution in [-0.2, 0) is 9.47 Å². The van der Waals surface area contributed by atoms with E-state index in [1.807, 2.05) is 0 Å². The summed E-state index contributed by atoms with van der Waals surface area (Å²) in [5, 5.41) is 0. The lowest BCUT2D eigenvalue weighted by Gasteiger charge is -2.36. The van der Waals surface area contributed by atoms with Crippen LogP contribution >= 0.6 is 0 Å². The molecule has 0 aromatic heterocycles. The highest BCUT2D eigenvalue weighted by Gasteiger charge is 2.35. The first-order valence-electron chi connectivity index (χ1n) is 12.7. The van der Waals surface area contributed by atoms with Gasteiger partial charge < -0.3 is 9.47 Å². The van der Waals surface area contributed by atoms with E-state index in [0.29, 0.717) is 46.6 Å². The fourth-order valence-electron chi connectivity index (χ4n) is 5.65. The molecule has 1 aromatic carbocycles. The molecule has 3 rings (SSSR count). The smallest absolute Gasteiger partial charge is 0.338 e. The number of esters is 2. The van der Waals surface area contributed by atoms with Gasteiger partial charge >= 0.3 is 11.9 Å². The highest BCUT2D eigenvalue weighted by molar-refractivity contribution is 5.93. The Morgan fingerprint density at radius 3 is 1.34 bits per heavy atom. The van der Waals surface area contributed by atoms with Crippen molar-refractivity contribution in [2.45, 2.75) is 92.3 Å². The topological polar surface area (TPSA) is 52.6 Å². The SMILES string of the molecule is CC(C)[C@H]1CC[C@H](C)C[C@H]1OC(=O)c1ccc(C(=O)O[C@H]2C[C@@H](C)CC[C@H]2C(C)C)cc1. The maximum Gasteiger partial charge on any atom is 0.338 e. The summed E-state index contributed by atoms with van der Waals surface area (Å²) in [4.78, 5) is 25.6. The molecule has 0 N–H and O–H groups in total. The molecule has 2 fully saturated rings.